The topological polar surface area (TPSA) is 79.4 Å². The Labute approximate surface area is 186 Å². The van der Waals surface area contributed by atoms with Crippen molar-refractivity contribution in [2.24, 2.45) is 0 Å². The number of amides is 3. The zero-order chi connectivity index (χ0) is 21.5. The molecule has 1 aromatic heterocycles. The second kappa shape index (κ2) is 7.61. The Morgan fingerprint density at radius 2 is 1.74 bits per heavy atom. The number of hydrogen-bond acceptors (Lipinski definition) is 5. The van der Waals surface area contributed by atoms with Gasteiger partial charge in [-0.05, 0) is 42.0 Å². The lowest BCUT2D eigenvalue weighted by atomic mass is 10.1. The number of nitrogens with zero attached hydrogens (tertiary/aromatic N) is 2. The zero-order valence-electron chi connectivity index (χ0n) is 16.0. The molecule has 5 rings (SSSR count). The normalized spacial score (nSPS) is 13.0. The van der Waals surface area contributed by atoms with Crippen LogP contribution in [-0.4, -0.2) is 27.6 Å². The summed E-state index contributed by atoms with van der Waals surface area (Å²) in [5.41, 5.74) is 2.39. The minimum Gasteiger partial charge on any atom is -0.298 e. The molecule has 6 nitrogen and oxygen atoms in total. The summed E-state index contributed by atoms with van der Waals surface area (Å²) in [6, 6.07) is 19.1. The van der Waals surface area contributed by atoms with Crippen molar-refractivity contribution in [1.82, 2.24) is 9.88 Å². The van der Waals surface area contributed by atoms with Crippen molar-refractivity contribution in [2.75, 3.05) is 5.32 Å². The van der Waals surface area contributed by atoms with Gasteiger partial charge in [-0.1, -0.05) is 53.3 Å². The molecule has 0 spiro atoms. The number of carbonyl (C=O) groups excluding carboxylic acids is 3. The van der Waals surface area contributed by atoms with Crippen molar-refractivity contribution in [3.63, 3.8) is 0 Å². The SMILES string of the molecule is O=C(Nc1nc2ccc(Cl)cc2s1)c1ccc2c(c1)C(=O)N(Cc1ccccc1)C2=O. The van der Waals surface area contributed by atoms with Gasteiger partial charge in [0.2, 0.25) is 0 Å². The highest BCUT2D eigenvalue weighted by Crippen LogP contribution is 2.29. The number of fused-ring (bicyclic) bond motifs is 2. The number of aromatic nitrogens is 1. The fourth-order valence-electron chi connectivity index (χ4n) is 3.46. The number of nitrogens with one attached hydrogen (secondary N) is 1. The van der Waals surface area contributed by atoms with E-state index < -0.39 is 11.8 Å². The van der Waals surface area contributed by atoms with Gasteiger partial charge >= 0.3 is 0 Å². The molecule has 152 valence electrons. The fourth-order valence-corrected chi connectivity index (χ4v) is 4.60. The van der Waals surface area contributed by atoms with E-state index in [-0.39, 0.29) is 23.6 Å². The molecular formula is C23H14ClN3O3S. The van der Waals surface area contributed by atoms with Gasteiger partial charge in [0.1, 0.15) is 0 Å². The van der Waals surface area contributed by atoms with Gasteiger partial charge in [0.15, 0.2) is 5.13 Å². The van der Waals surface area contributed by atoms with Gasteiger partial charge in [0.05, 0.1) is 27.9 Å². The van der Waals surface area contributed by atoms with Crippen molar-refractivity contribution in [2.45, 2.75) is 6.54 Å². The second-order valence-electron chi connectivity index (χ2n) is 7.03. The first-order valence-corrected chi connectivity index (χ1v) is 10.6. The minimum absolute atomic E-state index is 0.184. The predicted octanol–water partition coefficient (Wildman–Crippen LogP) is 5.00. The summed E-state index contributed by atoms with van der Waals surface area (Å²) in [6.45, 7) is 0.184. The molecule has 31 heavy (non-hydrogen) atoms. The van der Waals surface area contributed by atoms with E-state index in [1.165, 1.54) is 34.4 Å². The summed E-state index contributed by atoms with van der Waals surface area (Å²) in [7, 11) is 0. The number of hydrogen-bond donors (Lipinski definition) is 1. The molecule has 3 aromatic carbocycles. The van der Waals surface area contributed by atoms with E-state index in [4.69, 9.17) is 11.6 Å². The quantitative estimate of drug-likeness (QED) is 0.446. The highest BCUT2D eigenvalue weighted by Gasteiger charge is 2.36. The lowest BCUT2D eigenvalue weighted by Crippen LogP contribution is -2.29. The van der Waals surface area contributed by atoms with Crippen LogP contribution in [-0.2, 0) is 6.54 Å². The van der Waals surface area contributed by atoms with Gasteiger partial charge in [-0.15, -0.1) is 0 Å². The van der Waals surface area contributed by atoms with Gasteiger partial charge in [0.25, 0.3) is 17.7 Å². The minimum atomic E-state index is -0.409. The van der Waals surface area contributed by atoms with Crippen molar-refractivity contribution < 1.29 is 14.4 Å². The molecule has 0 unspecified atom stereocenters. The number of rotatable bonds is 4. The molecule has 1 N–H and O–H groups in total. The first-order valence-electron chi connectivity index (χ1n) is 9.41. The number of anilines is 1. The third-order valence-electron chi connectivity index (χ3n) is 4.99. The number of imide groups is 1. The highest BCUT2D eigenvalue weighted by molar-refractivity contribution is 7.22. The Kier molecular flexibility index (Phi) is 4.77. The van der Waals surface area contributed by atoms with Gasteiger partial charge in [-0.25, -0.2) is 4.98 Å². The third-order valence-corrected chi connectivity index (χ3v) is 6.16. The molecule has 1 aliphatic heterocycles. The number of benzene rings is 3. The Bertz CT molecular complexity index is 1370. The van der Waals surface area contributed by atoms with E-state index in [2.05, 4.69) is 10.3 Å². The van der Waals surface area contributed by atoms with Gasteiger partial charge < -0.3 is 0 Å². The first-order chi connectivity index (χ1) is 15.0. The van der Waals surface area contributed by atoms with Crippen LogP contribution in [0, 0.1) is 0 Å². The van der Waals surface area contributed by atoms with Crippen LogP contribution in [0.3, 0.4) is 0 Å². The van der Waals surface area contributed by atoms with Gasteiger partial charge in [-0.3, -0.25) is 24.6 Å². The summed E-state index contributed by atoms with van der Waals surface area (Å²) in [6.07, 6.45) is 0. The van der Waals surface area contributed by atoms with Crippen LogP contribution in [0.25, 0.3) is 10.2 Å². The summed E-state index contributed by atoms with van der Waals surface area (Å²) in [5.74, 6) is -1.18. The monoisotopic (exact) mass is 447 g/mol. The average Bonchev–Trinajstić information content (AvgIpc) is 3.27. The van der Waals surface area contributed by atoms with E-state index in [1.54, 1.807) is 18.2 Å². The maximum atomic E-state index is 12.8. The van der Waals surface area contributed by atoms with Crippen LogP contribution in [0.4, 0.5) is 5.13 Å². The predicted molar refractivity (Wildman–Crippen MR) is 120 cm³/mol. The van der Waals surface area contributed by atoms with Crippen molar-refractivity contribution in [3.8, 4) is 0 Å². The molecule has 1 aliphatic rings. The maximum absolute atomic E-state index is 12.8. The van der Waals surface area contributed by atoms with E-state index >= 15 is 0 Å². The van der Waals surface area contributed by atoms with E-state index in [0.29, 0.717) is 15.7 Å². The highest BCUT2D eigenvalue weighted by atomic mass is 35.5. The Hall–Kier alpha value is -3.55. The maximum Gasteiger partial charge on any atom is 0.261 e. The summed E-state index contributed by atoms with van der Waals surface area (Å²) in [5, 5.41) is 3.77. The smallest absolute Gasteiger partial charge is 0.261 e. The zero-order valence-corrected chi connectivity index (χ0v) is 17.5. The molecule has 0 fully saturated rings. The van der Waals surface area contributed by atoms with Crippen LogP contribution in [0.5, 0.6) is 0 Å². The summed E-state index contributed by atoms with van der Waals surface area (Å²) >= 11 is 7.31. The van der Waals surface area contributed by atoms with Crippen molar-refractivity contribution in [1.29, 1.82) is 0 Å². The molecule has 4 aromatic rings. The number of thiazole rings is 1. The van der Waals surface area contributed by atoms with Crippen LogP contribution in [0.2, 0.25) is 5.02 Å². The molecule has 0 saturated heterocycles. The Morgan fingerprint density at radius 3 is 2.55 bits per heavy atom. The lowest BCUT2D eigenvalue weighted by Gasteiger charge is -2.13. The Morgan fingerprint density at radius 1 is 0.968 bits per heavy atom. The molecule has 0 aliphatic carbocycles. The van der Waals surface area contributed by atoms with Crippen molar-refractivity contribution in [3.05, 3.63) is 94.0 Å². The van der Waals surface area contributed by atoms with Crippen LogP contribution >= 0.6 is 22.9 Å². The Balaban J connectivity index is 1.38. The first kappa shape index (κ1) is 19.4. The second-order valence-corrected chi connectivity index (χ2v) is 8.49. The van der Waals surface area contributed by atoms with Crippen LogP contribution in [0.1, 0.15) is 36.6 Å². The van der Waals surface area contributed by atoms with Crippen LogP contribution in [0.15, 0.2) is 66.7 Å². The molecule has 8 heteroatoms. The standard InChI is InChI=1S/C23H14ClN3O3S/c24-15-7-9-18-19(11-15)31-23(25-18)26-20(28)14-6-8-16-17(10-14)22(30)27(21(16)29)12-13-4-2-1-3-5-13/h1-11H,12H2,(H,25,26,28). The number of halogens is 1. The average molecular weight is 448 g/mol. The molecule has 0 radical (unpaired) electrons. The number of carbonyl (C=O) groups is 3. The van der Waals surface area contributed by atoms with Gasteiger partial charge in [-0.2, -0.15) is 0 Å². The molecule has 2 heterocycles. The van der Waals surface area contributed by atoms with Crippen molar-refractivity contribution >= 4 is 56.0 Å². The van der Waals surface area contributed by atoms with Crippen LogP contribution < -0.4 is 5.32 Å². The van der Waals surface area contributed by atoms with E-state index in [0.717, 1.165) is 15.8 Å². The van der Waals surface area contributed by atoms with E-state index in [9.17, 15) is 14.4 Å². The fraction of sp³-hybridized carbons (Fsp3) is 0.0435. The third kappa shape index (κ3) is 3.58. The van der Waals surface area contributed by atoms with E-state index in [1.807, 2.05) is 30.3 Å². The molecule has 0 bridgehead atoms. The molecule has 3 amide bonds. The molecule has 0 saturated carbocycles. The molecule has 0 atom stereocenters. The molecular weight excluding hydrogens is 434 g/mol. The lowest BCUT2D eigenvalue weighted by molar-refractivity contribution is 0.0642. The summed E-state index contributed by atoms with van der Waals surface area (Å²) in [4.78, 5) is 43.8. The summed E-state index contributed by atoms with van der Waals surface area (Å²) < 4.78 is 0.856. The van der Waals surface area contributed by atoms with Gasteiger partial charge in [0, 0.05) is 10.6 Å². The largest absolute Gasteiger partial charge is 0.298 e.